The molecular formula is C18H23F3N2O2. The van der Waals surface area contributed by atoms with E-state index < -0.39 is 11.7 Å². The number of hydrogen-bond acceptors (Lipinski definition) is 4. The molecule has 138 valence electrons. The Morgan fingerprint density at radius 1 is 1.12 bits per heavy atom. The molecular weight excluding hydrogens is 333 g/mol. The van der Waals surface area contributed by atoms with Crippen LogP contribution in [0, 0.1) is 5.92 Å². The van der Waals surface area contributed by atoms with Gasteiger partial charge in [-0.15, -0.1) is 0 Å². The second kappa shape index (κ2) is 6.76. The number of nitrogens with zero attached hydrogens (tertiary/aromatic N) is 2. The average molecular weight is 356 g/mol. The van der Waals surface area contributed by atoms with Gasteiger partial charge in [0.1, 0.15) is 5.82 Å². The Bertz CT molecular complexity index is 621. The van der Waals surface area contributed by atoms with Crippen molar-refractivity contribution >= 4 is 5.82 Å². The largest absolute Gasteiger partial charge is 0.416 e. The Hall–Kier alpha value is -1.34. The molecule has 0 spiro atoms. The molecule has 1 aromatic heterocycles. The molecule has 7 heteroatoms. The fraction of sp³-hybridized carbons (Fsp3) is 0.722. The zero-order valence-corrected chi connectivity index (χ0v) is 14.1. The van der Waals surface area contributed by atoms with Crippen molar-refractivity contribution in [3.05, 3.63) is 22.9 Å². The summed E-state index contributed by atoms with van der Waals surface area (Å²) in [6, 6.07) is 1.25. The van der Waals surface area contributed by atoms with Crippen LogP contribution in [-0.4, -0.2) is 44.0 Å². The first kappa shape index (κ1) is 17.1. The molecule has 1 aliphatic carbocycles. The van der Waals surface area contributed by atoms with E-state index in [0.29, 0.717) is 68.7 Å². The van der Waals surface area contributed by atoms with E-state index in [1.807, 2.05) is 4.90 Å². The second-order valence-electron chi connectivity index (χ2n) is 7.11. The van der Waals surface area contributed by atoms with E-state index in [1.165, 1.54) is 6.07 Å². The standard InChI is InChI=1S/C18H23F3N2O2/c19-18(20,21)14-10-17(22-15-3-1-2-13(14)15)23-6-4-12(5-7-23)16-11-24-8-9-25-16/h10,12,16H,1-9,11H2. The Kier molecular flexibility index (Phi) is 4.62. The van der Waals surface area contributed by atoms with Crippen LogP contribution in [0.3, 0.4) is 0 Å². The van der Waals surface area contributed by atoms with Crippen LogP contribution < -0.4 is 4.90 Å². The topological polar surface area (TPSA) is 34.6 Å². The number of anilines is 1. The van der Waals surface area contributed by atoms with Crippen molar-refractivity contribution in [3.63, 3.8) is 0 Å². The van der Waals surface area contributed by atoms with Crippen molar-refractivity contribution in [2.75, 3.05) is 37.8 Å². The van der Waals surface area contributed by atoms with Gasteiger partial charge in [0.25, 0.3) is 0 Å². The highest BCUT2D eigenvalue weighted by molar-refractivity contribution is 5.49. The number of hydrogen-bond donors (Lipinski definition) is 0. The Balaban J connectivity index is 1.49. The van der Waals surface area contributed by atoms with Gasteiger partial charge in [-0.1, -0.05) is 0 Å². The SMILES string of the molecule is FC(F)(F)c1cc(N2CCC(C3COCCO3)CC2)nc2c1CCC2. The molecule has 1 aromatic rings. The summed E-state index contributed by atoms with van der Waals surface area (Å²) in [6.45, 7) is 3.34. The molecule has 2 fully saturated rings. The second-order valence-corrected chi connectivity index (χ2v) is 7.11. The van der Waals surface area contributed by atoms with E-state index >= 15 is 0 Å². The van der Waals surface area contributed by atoms with E-state index in [1.54, 1.807) is 0 Å². The molecule has 0 saturated carbocycles. The molecule has 3 aliphatic rings. The van der Waals surface area contributed by atoms with Crippen molar-refractivity contribution in [1.82, 2.24) is 4.98 Å². The average Bonchev–Trinajstić information content (AvgIpc) is 3.09. The minimum atomic E-state index is -4.31. The van der Waals surface area contributed by atoms with Crippen molar-refractivity contribution in [2.24, 2.45) is 5.92 Å². The minimum absolute atomic E-state index is 0.120. The quantitative estimate of drug-likeness (QED) is 0.815. The van der Waals surface area contributed by atoms with E-state index in [4.69, 9.17) is 9.47 Å². The smallest absolute Gasteiger partial charge is 0.376 e. The number of aromatic nitrogens is 1. The molecule has 4 nitrogen and oxygen atoms in total. The van der Waals surface area contributed by atoms with Crippen molar-refractivity contribution in [3.8, 4) is 0 Å². The maximum absolute atomic E-state index is 13.4. The molecule has 25 heavy (non-hydrogen) atoms. The number of piperidine rings is 1. The van der Waals surface area contributed by atoms with Gasteiger partial charge in [-0.25, -0.2) is 4.98 Å². The molecule has 2 saturated heterocycles. The van der Waals surface area contributed by atoms with Crippen LogP contribution >= 0.6 is 0 Å². The first-order valence-corrected chi connectivity index (χ1v) is 9.06. The predicted octanol–water partition coefficient (Wildman–Crippen LogP) is 3.22. The van der Waals surface area contributed by atoms with Gasteiger partial charge in [-0.2, -0.15) is 13.2 Å². The monoisotopic (exact) mass is 356 g/mol. The fourth-order valence-corrected chi connectivity index (χ4v) is 4.22. The molecule has 0 bridgehead atoms. The highest BCUT2D eigenvalue weighted by Crippen LogP contribution is 2.39. The minimum Gasteiger partial charge on any atom is -0.376 e. The summed E-state index contributed by atoms with van der Waals surface area (Å²) in [5.74, 6) is 0.889. The number of alkyl halides is 3. The number of aryl methyl sites for hydroxylation is 1. The Morgan fingerprint density at radius 2 is 1.92 bits per heavy atom. The molecule has 4 rings (SSSR count). The lowest BCUT2D eigenvalue weighted by Gasteiger charge is -2.38. The van der Waals surface area contributed by atoms with Gasteiger partial charge in [-0.05, 0) is 49.7 Å². The summed E-state index contributed by atoms with van der Waals surface area (Å²) in [7, 11) is 0. The summed E-state index contributed by atoms with van der Waals surface area (Å²) >= 11 is 0. The summed E-state index contributed by atoms with van der Waals surface area (Å²) in [6.07, 6.45) is -0.501. The summed E-state index contributed by atoms with van der Waals surface area (Å²) in [4.78, 5) is 6.55. The number of fused-ring (bicyclic) bond motifs is 1. The molecule has 3 heterocycles. The predicted molar refractivity (Wildman–Crippen MR) is 86.8 cm³/mol. The lowest BCUT2D eigenvalue weighted by atomic mass is 9.91. The fourth-order valence-electron chi connectivity index (χ4n) is 4.22. The van der Waals surface area contributed by atoms with Crippen LogP contribution in [0.4, 0.5) is 19.0 Å². The molecule has 0 N–H and O–H groups in total. The van der Waals surface area contributed by atoms with Gasteiger partial charge >= 0.3 is 6.18 Å². The summed E-state index contributed by atoms with van der Waals surface area (Å²) in [5.41, 5.74) is 0.547. The van der Waals surface area contributed by atoms with Crippen LogP contribution in [-0.2, 0) is 28.5 Å². The third kappa shape index (κ3) is 3.49. The normalized spacial score (nSPS) is 25.2. The first-order valence-electron chi connectivity index (χ1n) is 9.06. The lowest BCUT2D eigenvalue weighted by Crippen LogP contribution is -2.42. The van der Waals surface area contributed by atoms with E-state index in [9.17, 15) is 13.2 Å². The van der Waals surface area contributed by atoms with E-state index in [2.05, 4.69) is 4.98 Å². The number of ether oxygens (including phenoxy) is 2. The molecule has 0 aromatic carbocycles. The van der Waals surface area contributed by atoms with Crippen LogP contribution in [0.2, 0.25) is 0 Å². The number of pyridine rings is 1. The van der Waals surface area contributed by atoms with Gasteiger partial charge < -0.3 is 14.4 Å². The van der Waals surface area contributed by atoms with Crippen LogP contribution in [0.15, 0.2) is 6.07 Å². The Morgan fingerprint density at radius 3 is 2.60 bits per heavy atom. The van der Waals surface area contributed by atoms with E-state index in [-0.39, 0.29) is 6.10 Å². The van der Waals surface area contributed by atoms with Gasteiger partial charge in [0.05, 0.1) is 31.5 Å². The molecule has 0 amide bonds. The number of rotatable bonds is 2. The Labute approximate surface area is 145 Å². The number of halogens is 3. The highest BCUT2D eigenvalue weighted by Gasteiger charge is 2.37. The van der Waals surface area contributed by atoms with Crippen LogP contribution in [0.1, 0.15) is 36.1 Å². The van der Waals surface area contributed by atoms with Gasteiger partial charge in [0.2, 0.25) is 0 Å². The molecule has 1 atom stereocenters. The third-order valence-electron chi connectivity index (χ3n) is 5.57. The lowest BCUT2D eigenvalue weighted by molar-refractivity contribution is -0.138. The summed E-state index contributed by atoms with van der Waals surface area (Å²) in [5, 5.41) is 0. The first-order chi connectivity index (χ1) is 12.0. The third-order valence-corrected chi connectivity index (χ3v) is 5.57. The molecule has 1 unspecified atom stereocenters. The highest BCUT2D eigenvalue weighted by atomic mass is 19.4. The zero-order chi connectivity index (χ0) is 17.4. The van der Waals surface area contributed by atoms with Crippen LogP contribution in [0.25, 0.3) is 0 Å². The van der Waals surface area contributed by atoms with Gasteiger partial charge in [-0.3, -0.25) is 0 Å². The maximum Gasteiger partial charge on any atom is 0.416 e. The summed E-state index contributed by atoms with van der Waals surface area (Å²) < 4.78 is 51.5. The van der Waals surface area contributed by atoms with Crippen molar-refractivity contribution in [1.29, 1.82) is 0 Å². The van der Waals surface area contributed by atoms with E-state index in [0.717, 1.165) is 19.3 Å². The maximum atomic E-state index is 13.4. The van der Waals surface area contributed by atoms with Crippen molar-refractivity contribution < 1.29 is 22.6 Å². The molecule has 0 radical (unpaired) electrons. The molecule has 2 aliphatic heterocycles. The van der Waals surface area contributed by atoms with Gasteiger partial charge in [0.15, 0.2) is 0 Å². The van der Waals surface area contributed by atoms with Crippen LogP contribution in [0.5, 0.6) is 0 Å². The van der Waals surface area contributed by atoms with Gasteiger partial charge in [0, 0.05) is 18.8 Å². The van der Waals surface area contributed by atoms with Crippen molar-refractivity contribution in [2.45, 2.75) is 44.4 Å². The zero-order valence-electron chi connectivity index (χ0n) is 14.1.